The van der Waals surface area contributed by atoms with Gasteiger partial charge in [-0.2, -0.15) is 0 Å². The molecule has 3 aromatic rings. The third-order valence-corrected chi connectivity index (χ3v) is 4.92. The number of hydrogen-bond donors (Lipinski definition) is 2. The maximum atomic E-state index is 12.7. The Morgan fingerprint density at radius 1 is 0.793 bits per heavy atom. The van der Waals surface area contributed by atoms with E-state index in [2.05, 4.69) is 10.6 Å². The number of nitrogens with one attached hydrogen (secondary N) is 2. The van der Waals surface area contributed by atoms with Gasteiger partial charge >= 0.3 is 0 Å². The first-order valence-electron chi connectivity index (χ1n) is 8.62. The average Bonchev–Trinajstić information content (AvgIpc) is 3.28. The number of hydrogen-bond acceptors (Lipinski definition) is 6. The van der Waals surface area contributed by atoms with E-state index in [4.69, 9.17) is 14.2 Å². The van der Waals surface area contributed by atoms with Crippen molar-refractivity contribution in [2.75, 3.05) is 32.0 Å². The van der Waals surface area contributed by atoms with Crippen LogP contribution in [0.2, 0.25) is 0 Å². The van der Waals surface area contributed by atoms with Crippen LogP contribution >= 0.6 is 11.3 Å². The van der Waals surface area contributed by atoms with E-state index in [-0.39, 0.29) is 11.8 Å². The molecule has 3 rings (SSSR count). The van der Waals surface area contributed by atoms with Crippen LogP contribution in [0.25, 0.3) is 0 Å². The molecule has 0 spiro atoms. The second-order valence-electron chi connectivity index (χ2n) is 5.88. The molecule has 1 heterocycles. The van der Waals surface area contributed by atoms with Gasteiger partial charge in [-0.05, 0) is 29.6 Å². The molecule has 0 bridgehead atoms. The van der Waals surface area contributed by atoms with Gasteiger partial charge in [0.15, 0.2) is 11.5 Å². The van der Waals surface area contributed by atoms with Crippen LogP contribution in [0.15, 0.2) is 53.9 Å². The molecule has 1 aromatic heterocycles. The predicted molar refractivity (Wildman–Crippen MR) is 113 cm³/mol. The second-order valence-corrected chi connectivity index (χ2v) is 6.83. The number of rotatable bonds is 7. The summed E-state index contributed by atoms with van der Waals surface area (Å²) in [6.45, 7) is 0. The van der Waals surface area contributed by atoms with Crippen LogP contribution in [0.1, 0.15) is 20.0 Å². The van der Waals surface area contributed by atoms with Gasteiger partial charge < -0.3 is 24.8 Å². The zero-order valence-electron chi connectivity index (χ0n) is 16.1. The fraction of sp³-hybridized carbons (Fsp3) is 0.143. The van der Waals surface area contributed by atoms with Gasteiger partial charge in [0.1, 0.15) is 0 Å². The molecule has 8 heteroatoms. The van der Waals surface area contributed by atoms with Crippen molar-refractivity contribution in [3.05, 3.63) is 64.4 Å². The van der Waals surface area contributed by atoms with Crippen LogP contribution in [0, 0.1) is 0 Å². The lowest BCUT2D eigenvalue weighted by atomic mass is 10.1. The van der Waals surface area contributed by atoms with E-state index < -0.39 is 0 Å². The molecule has 7 nitrogen and oxygen atoms in total. The monoisotopic (exact) mass is 412 g/mol. The number of thiophene rings is 1. The van der Waals surface area contributed by atoms with Crippen molar-refractivity contribution >= 4 is 34.5 Å². The summed E-state index contributed by atoms with van der Waals surface area (Å²) in [5.41, 5.74) is 1.40. The van der Waals surface area contributed by atoms with Crippen molar-refractivity contribution < 1.29 is 23.8 Å². The average molecular weight is 412 g/mol. The van der Waals surface area contributed by atoms with Gasteiger partial charge in [-0.15, -0.1) is 11.3 Å². The topological polar surface area (TPSA) is 85.9 Å². The van der Waals surface area contributed by atoms with Crippen molar-refractivity contribution in [2.24, 2.45) is 0 Å². The Labute approximate surface area is 172 Å². The Hall–Kier alpha value is -3.52. The normalized spacial score (nSPS) is 10.2. The number of anilines is 2. The predicted octanol–water partition coefficient (Wildman–Crippen LogP) is 4.28. The molecule has 0 aliphatic carbocycles. The van der Waals surface area contributed by atoms with E-state index in [0.717, 1.165) is 0 Å². The summed E-state index contributed by atoms with van der Waals surface area (Å²) in [5, 5.41) is 7.42. The van der Waals surface area contributed by atoms with Crippen molar-refractivity contribution in [3.8, 4) is 17.2 Å². The third kappa shape index (κ3) is 4.67. The summed E-state index contributed by atoms with van der Waals surface area (Å²) >= 11 is 1.35. The van der Waals surface area contributed by atoms with E-state index in [9.17, 15) is 9.59 Å². The van der Waals surface area contributed by atoms with Gasteiger partial charge in [0.2, 0.25) is 5.75 Å². The smallest absolute Gasteiger partial charge is 0.265 e. The molecule has 2 N–H and O–H groups in total. The van der Waals surface area contributed by atoms with Gasteiger partial charge in [-0.25, -0.2) is 0 Å². The number of ether oxygens (including phenoxy) is 3. The number of benzene rings is 2. The molecule has 150 valence electrons. The van der Waals surface area contributed by atoms with Gasteiger partial charge in [0.05, 0.1) is 26.2 Å². The Bertz CT molecular complexity index is 993. The fourth-order valence-electron chi connectivity index (χ4n) is 2.70. The third-order valence-electron chi connectivity index (χ3n) is 4.05. The molecule has 0 unspecified atom stereocenters. The van der Waals surface area contributed by atoms with Crippen molar-refractivity contribution in [1.82, 2.24) is 0 Å². The Morgan fingerprint density at radius 2 is 1.48 bits per heavy atom. The quantitative estimate of drug-likeness (QED) is 0.605. The van der Waals surface area contributed by atoms with Crippen molar-refractivity contribution in [1.29, 1.82) is 0 Å². The fourth-order valence-corrected chi connectivity index (χ4v) is 3.31. The molecular formula is C21H20N2O5S. The number of carbonyl (C=O) groups excluding carboxylic acids is 2. The molecule has 0 atom stereocenters. The van der Waals surface area contributed by atoms with Crippen molar-refractivity contribution in [2.45, 2.75) is 0 Å². The SMILES string of the molecule is COc1cc(NC(=O)c2cccc(NC(=O)c3cccs3)c2)cc(OC)c1OC. The highest BCUT2D eigenvalue weighted by Crippen LogP contribution is 2.40. The molecule has 2 aromatic carbocycles. The minimum absolute atomic E-state index is 0.220. The molecule has 2 amide bonds. The van der Waals surface area contributed by atoms with E-state index in [1.165, 1.54) is 32.7 Å². The highest BCUT2D eigenvalue weighted by molar-refractivity contribution is 7.12. The van der Waals surface area contributed by atoms with E-state index in [1.807, 2.05) is 5.38 Å². The highest BCUT2D eigenvalue weighted by atomic mass is 32.1. The first kappa shape index (κ1) is 20.2. The maximum Gasteiger partial charge on any atom is 0.265 e. The van der Waals surface area contributed by atoms with Gasteiger partial charge in [0, 0.05) is 29.1 Å². The lowest BCUT2D eigenvalue weighted by Crippen LogP contribution is -2.14. The Morgan fingerprint density at radius 3 is 2.07 bits per heavy atom. The maximum absolute atomic E-state index is 12.7. The van der Waals surface area contributed by atoms with Crippen LogP contribution in [-0.2, 0) is 0 Å². The summed E-state index contributed by atoms with van der Waals surface area (Å²) < 4.78 is 15.9. The highest BCUT2D eigenvalue weighted by Gasteiger charge is 2.16. The molecule has 0 radical (unpaired) electrons. The standard InChI is InChI=1S/C21H20N2O5S/c1-26-16-11-15(12-17(27-2)19(16)28-3)23-20(24)13-6-4-7-14(10-13)22-21(25)18-8-5-9-29-18/h4-12H,1-3H3,(H,22,25)(H,23,24). The summed E-state index contributed by atoms with van der Waals surface area (Å²) in [6, 6.07) is 13.5. The number of carbonyl (C=O) groups is 2. The molecule has 0 fully saturated rings. The lowest BCUT2D eigenvalue weighted by molar-refractivity contribution is 0.101. The molecule has 0 aliphatic rings. The van der Waals surface area contributed by atoms with Gasteiger partial charge in [0.25, 0.3) is 11.8 Å². The number of methoxy groups -OCH3 is 3. The molecule has 29 heavy (non-hydrogen) atoms. The second kappa shape index (κ2) is 9.11. The molecule has 0 saturated heterocycles. The minimum atomic E-state index is -0.341. The summed E-state index contributed by atoms with van der Waals surface area (Å²) in [7, 11) is 4.51. The Balaban J connectivity index is 1.78. The van der Waals surface area contributed by atoms with Crippen molar-refractivity contribution in [3.63, 3.8) is 0 Å². The summed E-state index contributed by atoms with van der Waals surface area (Å²) in [4.78, 5) is 25.5. The zero-order valence-corrected chi connectivity index (χ0v) is 17.0. The van der Waals surface area contributed by atoms with Gasteiger partial charge in [-0.1, -0.05) is 12.1 Å². The molecule has 0 saturated carbocycles. The Kier molecular flexibility index (Phi) is 6.36. The summed E-state index contributed by atoms with van der Waals surface area (Å²) in [5.74, 6) is 0.734. The minimum Gasteiger partial charge on any atom is -0.493 e. The van der Waals surface area contributed by atoms with E-state index >= 15 is 0 Å². The van der Waals surface area contributed by atoms with E-state index in [1.54, 1.807) is 48.5 Å². The van der Waals surface area contributed by atoms with Gasteiger partial charge in [-0.3, -0.25) is 9.59 Å². The van der Waals surface area contributed by atoms with Crippen LogP contribution in [0.4, 0.5) is 11.4 Å². The largest absolute Gasteiger partial charge is 0.493 e. The molecular weight excluding hydrogens is 392 g/mol. The van der Waals surface area contributed by atoms with Crippen LogP contribution in [0.3, 0.4) is 0 Å². The van der Waals surface area contributed by atoms with E-state index in [0.29, 0.717) is 39.1 Å². The van der Waals surface area contributed by atoms with Crippen LogP contribution in [-0.4, -0.2) is 33.1 Å². The number of amides is 2. The summed E-state index contributed by atoms with van der Waals surface area (Å²) in [6.07, 6.45) is 0. The first-order valence-corrected chi connectivity index (χ1v) is 9.50. The lowest BCUT2D eigenvalue weighted by Gasteiger charge is -2.15. The first-order chi connectivity index (χ1) is 14.0. The molecule has 0 aliphatic heterocycles. The van der Waals surface area contributed by atoms with Crippen LogP contribution in [0.5, 0.6) is 17.2 Å². The zero-order chi connectivity index (χ0) is 20.8. The van der Waals surface area contributed by atoms with Crippen LogP contribution < -0.4 is 24.8 Å².